The van der Waals surface area contributed by atoms with Crippen molar-refractivity contribution in [2.45, 2.75) is 32.2 Å². The standard InChI is InChI=1S/C18H19N5O2/c1-23-13(9-15(21-23)12-5-4-8-19-10-12)11-20-18(24)17-14-6-2-3-7-16(14)25-22-17/h4-5,8-10H,2-3,6-7,11H2,1H3,(H,20,24). The molecule has 3 heterocycles. The zero-order valence-electron chi connectivity index (χ0n) is 14.0. The first-order valence-corrected chi connectivity index (χ1v) is 8.41. The predicted octanol–water partition coefficient (Wildman–Crippen LogP) is 2.28. The first kappa shape index (κ1) is 15.6. The second kappa shape index (κ2) is 6.51. The van der Waals surface area contributed by atoms with Crippen LogP contribution in [0.1, 0.15) is 40.3 Å². The Bertz CT molecular complexity index is 898. The number of aryl methyl sites for hydroxylation is 2. The van der Waals surface area contributed by atoms with Gasteiger partial charge in [-0.1, -0.05) is 5.16 Å². The van der Waals surface area contributed by atoms with E-state index >= 15 is 0 Å². The Balaban J connectivity index is 1.47. The molecule has 3 aromatic heterocycles. The van der Waals surface area contributed by atoms with Gasteiger partial charge in [0.05, 0.1) is 17.9 Å². The van der Waals surface area contributed by atoms with Crippen LogP contribution in [0, 0.1) is 0 Å². The zero-order valence-corrected chi connectivity index (χ0v) is 14.0. The normalized spacial score (nSPS) is 13.5. The number of rotatable bonds is 4. The summed E-state index contributed by atoms with van der Waals surface area (Å²) in [5.74, 6) is 0.659. The Morgan fingerprint density at radius 2 is 2.24 bits per heavy atom. The summed E-state index contributed by atoms with van der Waals surface area (Å²) in [7, 11) is 1.86. The summed E-state index contributed by atoms with van der Waals surface area (Å²) in [4.78, 5) is 16.6. The van der Waals surface area contributed by atoms with Gasteiger partial charge in [0, 0.05) is 37.0 Å². The molecule has 0 saturated carbocycles. The van der Waals surface area contributed by atoms with Gasteiger partial charge in [0.25, 0.3) is 5.91 Å². The van der Waals surface area contributed by atoms with Crippen LogP contribution in [0.2, 0.25) is 0 Å². The van der Waals surface area contributed by atoms with Gasteiger partial charge in [-0.25, -0.2) is 0 Å². The monoisotopic (exact) mass is 337 g/mol. The van der Waals surface area contributed by atoms with E-state index in [1.165, 1.54) is 0 Å². The Labute approximate surface area is 145 Å². The van der Waals surface area contributed by atoms with Crippen LogP contribution < -0.4 is 5.32 Å². The number of amides is 1. The summed E-state index contributed by atoms with van der Waals surface area (Å²) in [6.07, 6.45) is 7.39. The van der Waals surface area contributed by atoms with Crippen molar-refractivity contribution < 1.29 is 9.32 Å². The summed E-state index contributed by atoms with van der Waals surface area (Å²) in [5, 5.41) is 11.4. The molecule has 1 aliphatic rings. The van der Waals surface area contributed by atoms with Crippen molar-refractivity contribution in [2.75, 3.05) is 0 Å². The number of aromatic nitrogens is 4. The fourth-order valence-corrected chi connectivity index (χ4v) is 3.14. The summed E-state index contributed by atoms with van der Waals surface area (Å²) < 4.78 is 7.08. The zero-order chi connectivity index (χ0) is 17.2. The summed E-state index contributed by atoms with van der Waals surface area (Å²) in [5.41, 5.74) is 4.07. The highest BCUT2D eigenvalue weighted by molar-refractivity contribution is 5.93. The molecule has 0 atom stereocenters. The van der Waals surface area contributed by atoms with Crippen LogP contribution >= 0.6 is 0 Å². The number of hydrogen-bond donors (Lipinski definition) is 1. The molecule has 0 aromatic carbocycles. The highest BCUT2D eigenvalue weighted by Gasteiger charge is 2.24. The van der Waals surface area contributed by atoms with Gasteiger partial charge < -0.3 is 9.84 Å². The lowest BCUT2D eigenvalue weighted by Gasteiger charge is -2.09. The second-order valence-electron chi connectivity index (χ2n) is 6.21. The maximum Gasteiger partial charge on any atom is 0.274 e. The van der Waals surface area contributed by atoms with E-state index in [2.05, 4.69) is 20.6 Å². The van der Waals surface area contributed by atoms with Crippen LogP contribution in [0.4, 0.5) is 0 Å². The van der Waals surface area contributed by atoms with Crippen molar-refractivity contribution in [3.8, 4) is 11.3 Å². The first-order valence-electron chi connectivity index (χ1n) is 8.41. The van der Waals surface area contributed by atoms with E-state index in [-0.39, 0.29) is 5.91 Å². The molecule has 1 N–H and O–H groups in total. The number of fused-ring (bicyclic) bond motifs is 1. The average molecular weight is 337 g/mol. The lowest BCUT2D eigenvalue weighted by Crippen LogP contribution is -2.25. The Kier molecular flexibility index (Phi) is 4.05. The minimum Gasteiger partial charge on any atom is -0.360 e. The van der Waals surface area contributed by atoms with Gasteiger partial charge in [0.2, 0.25) is 0 Å². The molecule has 3 aromatic rings. The molecular weight excluding hydrogens is 318 g/mol. The summed E-state index contributed by atoms with van der Waals surface area (Å²) >= 11 is 0. The second-order valence-corrected chi connectivity index (χ2v) is 6.21. The van der Waals surface area contributed by atoms with Crippen molar-refractivity contribution in [3.63, 3.8) is 0 Å². The number of carbonyl (C=O) groups is 1. The molecule has 7 heteroatoms. The van der Waals surface area contributed by atoms with E-state index in [0.717, 1.165) is 54.0 Å². The molecule has 1 aliphatic carbocycles. The molecule has 4 rings (SSSR count). The quantitative estimate of drug-likeness (QED) is 0.789. The van der Waals surface area contributed by atoms with Gasteiger partial charge in [-0.3, -0.25) is 14.5 Å². The van der Waals surface area contributed by atoms with Crippen LogP contribution in [0.3, 0.4) is 0 Å². The number of nitrogens with one attached hydrogen (secondary N) is 1. The van der Waals surface area contributed by atoms with E-state index in [4.69, 9.17) is 4.52 Å². The van der Waals surface area contributed by atoms with E-state index < -0.39 is 0 Å². The Morgan fingerprint density at radius 3 is 3.08 bits per heavy atom. The van der Waals surface area contributed by atoms with Crippen LogP contribution in [0.5, 0.6) is 0 Å². The Morgan fingerprint density at radius 1 is 1.36 bits per heavy atom. The highest BCUT2D eigenvalue weighted by atomic mass is 16.5. The van der Waals surface area contributed by atoms with Crippen LogP contribution in [0.15, 0.2) is 35.1 Å². The maximum atomic E-state index is 12.5. The molecule has 128 valence electrons. The number of hydrogen-bond acceptors (Lipinski definition) is 5. The van der Waals surface area contributed by atoms with Crippen LogP contribution in [-0.2, 0) is 26.4 Å². The smallest absolute Gasteiger partial charge is 0.274 e. The van der Waals surface area contributed by atoms with Gasteiger partial charge in [0.15, 0.2) is 5.69 Å². The molecule has 0 unspecified atom stereocenters. The van der Waals surface area contributed by atoms with Crippen molar-refractivity contribution in [1.29, 1.82) is 0 Å². The number of carbonyl (C=O) groups excluding carboxylic acids is 1. The molecule has 0 saturated heterocycles. The van der Waals surface area contributed by atoms with Gasteiger partial charge in [-0.2, -0.15) is 5.10 Å². The fourth-order valence-electron chi connectivity index (χ4n) is 3.14. The molecular formula is C18H19N5O2. The van der Waals surface area contributed by atoms with Crippen molar-refractivity contribution in [1.82, 2.24) is 25.2 Å². The third kappa shape index (κ3) is 3.05. The molecule has 25 heavy (non-hydrogen) atoms. The molecule has 0 bridgehead atoms. The third-order valence-electron chi connectivity index (χ3n) is 4.53. The van der Waals surface area contributed by atoms with Gasteiger partial charge in [0.1, 0.15) is 5.76 Å². The van der Waals surface area contributed by atoms with Gasteiger partial charge in [-0.15, -0.1) is 0 Å². The van der Waals surface area contributed by atoms with Crippen molar-refractivity contribution in [2.24, 2.45) is 7.05 Å². The van der Waals surface area contributed by atoms with Gasteiger partial charge >= 0.3 is 0 Å². The van der Waals surface area contributed by atoms with Crippen molar-refractivity contribution in [3.05, 3.63) is 53.3 Å². The molecule has 1 amide bonds. The third-order valence-corrected chi connectivity index (χ3v) is 4.53. The molecule has 0 radical (unpaired) electrons. The SMILES string of the molecule is Cn1nc(-c2cccnc2)cc1CNC(=O)c1noc2c1CCCC2. The van der Waals surface area contributed by atoms with E-state index in [0.29, 0.717) is 12.2 Å². The number of pyridine rings is 1. The molecule has 7 nitrogen and oxygen atoms in total. The average Bonchev–Trinajstić information content (AvgIpc) is 3.24. The first-order chi connectivity index (χ1) is 12.2. The topological polar surface area (TPSA) is 85.8 Å². The lowest BCUT2D eigenvalue weighted by atomic mass is 9.96. The molecule has 0 spiro atoms. The van der Waals surface area contributed by atoms with E-state index in [1.807, 2.05) is 25.2 Å². The van der Waals surface area contributed by atoms with Crippen LogP contribution in [0.25, 0.3) is 11.3 Å². The maximum absolute atomic E-state index is 12.5. The largest absolute Gasteiger partial charge is 0.360 e. The minimum absolute atomic E-state index is 0.198. The summed E-state index contributed by atoms with van der Waals surface area (Å²) in [6, 6.07) is 5.79. The van der Waals surface area contributed by atoms with Crippen molar-refractivity contribution >= 4 is 5.91 Å². The number of nitrogens with zero attached hydrogens (tertiary/aromatic N) is 4. The predicted molar refractivity (Wildman–Crippen MR) is 90.8 cm³/mol. The molecule has 0 fully saturated rings. The minimum atomic E-state index is -0.198. The van der Waals surface area contributed by atoms with E-state index in [1.54, 1.807) is 17.1 Å². The van der Waals surface area contributed by atoms with E-state index in [9.17, 15) is 4.79 Å². The lowest BCUT2D eigenvalue weighted by molar-refractivity contribution is 0.0940. The van der Waals surface area contributed by atoms with Crippen LogP contribution in [-0.4, -0.2) is 25.8 Å². The summed E-state index contributed by atoms with van der Waals surface area (Å²) in [6.45, 7) is 0.379. The highest BCUT2D eigenvalue weighted by Crippen LogP contribution is 2.24. The molecule has 0 aliphatic heterocycles. The van der Waals surface area contributed by atoms with Gasteiger partial charge in [-0.05, 0) is 37.5 Å². The Hall–Kier alpha value is -2.96. The fraction of sp³-hybridized carbons (Fsp3) is 0.333.